The maximum absolute atomic E-state index is 14.2. The van der Waals surface area contributed by atoms with Gasteiger partial charge in [-0.15, -0.1) is 0 Å². The fraction of sp³-hybridized carbons (Fsp3) is 0.500. The summed E-state index contributed by atoms with van der Waals surface area (Å²) in [7, 11) is 3.03. The fourth-order valence-corrected chi connectivity index (χ4v) is 7.17. The molecule has 0 bridgehead atoms. The zero-order chi connectivity index (χ0) is 30.6. The molecular formula is C36H42N4O4. The lowest BCUT2D eigenvalue weighted by molar-refractivity contribution is -0.147. The average molecular weight is 595 g/mol. The van der Waals surface area contributed by atoms with E-state index in [9.17, 15) is 14.9 Å². The van der Waals surface area contributed by atoms with E-state index in [2.05, 4.69) is 46.3 Å². The quantitative estimate of drug-likeness (QED) is 0.246. The molecule has 0 aliphatic heterocycles. The molecule has 1 aromatic heterocycles. The minimum atomic E-state index is -0.164. The molecule has 2 aromatic carbocycles. The topological polar surface area (TPSA) is 97.4 Å². The third-order valence-corrected chi connectivity index (χ3v) is 9.99. The fourth-order valence-electron chi connectivity index (χ4n) is 7.17. The second kappa shape index (κ2) is 13.3. The number of hydrogen-bond acceptors (Lipinski definition) is 6. The normalized spacial score (nSPS) is 23.4. The number of carbonyl (C=O) groups is 2. The van der Waals surface area contributed by atoms with Crippen molar-refractivity contribution in [2.24, 2.45) is 17.8 Å². The Kier molecular flexibility index (Phi) is 9.02. The van der Waals surface area contributed by atoms with Crippen LogP contribution in [0.1, 0.15) is 87.3 Å². The number of amides is 1. The van der Waals surface area contributed by atoms with Gasteiger partial charge < -0.3 is 14.4 Å². The van der Waals surface area contributed by atoms with E-state index >= 15 is 0 Å². The Hall–Kier alpha value is -4.12. The Labute approximate surface area is 260 Å². The summed E-state index contributed by atoms with van der Waals surface area (Å²) < 4.78 is 12.4. The van der Waals surface area contributed by atoms with Crippen LogP contribution < -0.4 is 9.64 Å². The second-order valence-electron chi connectivity index (χ2n) is 12.8. The summed E-state index contributed by atoms with van der Waals surface area (Å²) in [5, 5.41) is 14.1. The van der Waals surface area contributed by atoms with Gasteiger partial charge in [0.25, 0.3) is 0 Å². The summed E-state index contributed by atoms with van der Waals surface area (Å²) >= 11 is 0. The minimum absolute atomic E-state index is 0.0998. The number of esters is 1. The van der Waals surface area contributed by atoms with Gasteiger partial charge in [0.2, 0.25) is 5.91 Å². The van der Waals surface area contributed by atoms with Crippen LogP contribution in [0.4, 0.5) is 5.69 Å². The van der Waals surface area contributed by atoms with Crippen LogP contribution in [-0.2, 0) is 14.3 Å². The van der Waals surface area contributed by atoms with E-state index in [1.165, 1.54) is 25.5 Å². The van der Waals surface area contributed by atoms with Gasteiger partial charge in [-0.25, -0.2) is 0 Å². The summed E-state index contributed by atoms with van der Waals surface area (Å²) in [5.41, 5.74) is 4.83. The van der Waals surface area contributed by atoms with Crippen LogP contribution in [0.5, 0.6) is 5.75 Å². The maximum atomic E-state index is 14.2. The highest BCUT2D eigenvalue weighted by Crippen LogP contribution is 2.40. The molecule has 0 atom stereocenters. The monoisotopic (exact) mass is 594 g/mol. The van der Waals surface area contributed by atoms with Crippen LogP contribution in [0.3, 0.4) is 0 Å². The van der Waals surface area contributed by atoms with E-state index in [-0.39, 0.29) is 23.7 Å². The number of nitriles is 1. The molecule has 3 aliphatic carbocycles. The van der Waals surface area contributed by atoms with Crippen molar-refractivity contribution in [3.8, 4) is 22.9 Å². The van der Waals surface area contributed by atoms with Crippen LogP contribution in [0.25, 0.3) is 11.1 Å². The van der Waals surface area contributed by atoms with Crippen LogP contribution in [0, 0.1) is 29.1 Å². The smallest absolute Gasteiger partial charge is 0.308 e. The largest absolute Gasteiger partial charge is 0.495 e. The van der Waals surface area contributed by atoms with Gasteiger partial charge in [0.05, 0.1) is 37.9 Å². The van der Waals surface area contributed by atoms with Gasteiger partial charge in [-0.3, -0.25) is 14.3 Å². The molecule has 230 valence electrons. The molecule has 0 unspecified atom stereocenters. The Bertz CT molecular complexity index is 1520. The molecule has 0 N–H and O–H groups in total. The Morgan fingerprint density at radius 1 is 0.932 bits per heavy atom. The molecule has 1 heterocycles. The molecular weight excluding hydrogens is 552 g/mol. The molecule has 8 heteroatoms. The number of hydrogen-bond donors (Lipinski definition) is 0. The Morgan fingerprint density at radius 2 is 1.68 bits per heavy atom. The summed E-state index contributed by atoms with van der Waals surface area (Å²) in [6.07, 6.45) is 13.3. The molecule has 3 fully saturated rings. The number of methoxy groups -OCH3 is 2. The first-order valence-electron chi connectivity index (χ1n) is 16.1. The number of aromatic nitrogens is 2. The molecule has 3 aromatic rings. The lowest BCUT2D eigenvalue weighted by Gasteiger charge is -2.36. The van der Waals surface area contributed by atoms with Crippen LogP contribution >= 0.6 is 0 Å². The maximum Gasteiger partial charge on any atom is 0.308 e. The summed E-state index contributed by atoms with van der Waals surface area (Å²) in [5.74, 6) is 1.18. The summed E-state index contributed by atoms with van der Waals surface area (Å²) in [4.78, 5) is 28.4. The van der Waals surface area contributed by atoms with Crippen molar-refractivity contribution in [2.75, 3.05) is 25.7 Å². The van der Waals surface area contributed by atoms with Gasteiger partial charge in [0, 0.05) is 29.9 Å². The molecule has 3 aliphatic rings. The van der Waals surface area contributed by atoms with Crippen LogP contribution in [0.2, 0.25) is 0 Å². The second-order valence-corrected chi connectivity index (χ2v) is 12.8. The average Bonchev–Trinajstić information content (AvgIpc) is 3.82. The van der Waals surface area contributed by atoms with Gasteiger partial charge in [-0.2, -0.15) is 10.4 Å². The SMILES string of the molecule is COC(=O)C1CCC(C(=O)N(CC2CCC(c3ccc(OC)c(C#N)c3)CC2)c2cccc(-c3cnn(C4CC4)c3)c2)CC1. The van der Waals surface area contributed by atoms with Crippen LogP contribution in [-0.4, -0.2) is 42.4 Å². The van der Waals surface area contributed by atoms with Gasteiger partial charge in [0.1, 0.15) is 11.8 Å². The lowest BCUT2D eigenvalue weighted by atomic mass is 9.77. The zero-order valence-electron chi connectivity index (χ0n) is 25.8. The number of anilines is 1. The highest BCUT2D eigenvalue weighted by Gasteiger charge is 2.35. The summed E-state index contributed by atoms with van der Waals surface area (Å²) in [6, 6.07) is 17.1. The Morgan fingerprint density at radius 3 is 2.36 bits per heavy atom. The first-order chi connectivity index (χ1) is 21.5. The standard InChI is InChI=1S/C36H42N4O4/c1-43-34-17-14-29(18-30(34)20-37)25-8-6-24(7-9-25)22-39(35(41)26-10-12-27(13-11-26)36(42)44-2)33-5-3-4-28(19-33)31-21-38-40(23-31)32-15-16-32/h3-5,14,17-19,21,23-27,32H,6-13,15-16,22H2,1-2H3. The minimum Gasteiger partial charge on any atom is -0.495 e. The van der Waals surface area contributed by atoms with Crippen molar-refractivity contribution in [1.82, 2.24) is 9.78 Å². The van der Waals surface area contributed by atoms with Crippen molar-refractivity contribution in [2.45, 2.75) is 76.2 Å². The van der Waals surface area contributed by atoms with Crippen molar-refractivity contribution >= 4 is 17.6 Å². The van der Waals surface area contributed by atoms with E-state index in [1.807, 2.05) is 29.3 Å². The van der Waals surface area contributed by atoms with Gasteiger partial charge >= 0.3 is 5.97 Å². The lowest BCUT2D eigenvalue weighted by Crippen LogP contribution is -2.42. The van der Waals surface area contributed by atoms with E-state index in [4.69, 9.17) is 9.47 Å². The molecule has 3 saturated carbocycles. The molecule has 6 rings (SSSR count). The summed E-state index contributed by atoms with van der Waals surface area (Å²) in [6.45, 7) is 0.680. The highest BCUT2D eigenvalue weighted by atomic mass is 16.5. The predicted molar refractivity (Wildman–Crippen MR) is 168 cm³/mol. The molecule has 8 nitrogen and oxygen atoms in total. The van der Waals surface area contributed by atoms with E-state index < -0.39 is 0 Å². The van der Waals surface area contributed by atoms with E-state index in [1.54, 1.807) is 7.11 Å². The molecule has 0 saturated heterocycles. The van der Waals surface area contributed by atoms with E-state index in [0.717, 1.165) is 42.5 Å². The number of nitrogens with zero attached hydrogens (tertiary/aromatic N) is 4. The van der Waals surface area contributed by atoms with Crippen molar-refractivity contribution < 1.29 is 19.1 Å². The first kappa shape index (κ1) is 29.9. The zero-order valence-corrected chi connectivity index (χ0v) is 25.8. The number of benzene rings is 2. The van der Waals surface area contributed by atoms with Crippen molar-refractivity contribution in [3.05, 3.63) is 66.0 Å². The molecule has 1 amide bonds. The van der Waals surface area contributed by atoms with E-state index in [0.29, 0.717) is 61.4 Å². The number of carbonyl (C=O) groups excluding carboxylic acids is 2. The molecule has 44 heavy (non-hydrogen) atoms. The molecule has 0 spiro atoms. The first-order valence-corrected chi connectivity index (χ1v) is 16.1. The van der Waals surface area contributed by atoms with Gasteiger partial charge in [0.15, 0.2) is 0 Å². The van der Waals surface area contributed by atoms with Crippen molar-refractivity contribution in [3.63, 3.8) is 0 Å². The predicted octanol–water partition coefficient (Wildman–Crippen LogP) is 7.05. The molecule has 0 radical (unpaired) electrons. The number of ether oxygens (including phenoxy) is 2. The van der Waals surface area contributed by atoms with Gasteiger partial charge in [-0.1, -0.05) is 18.2 Å². The van der Waals surface area contributed by atoms with Gasteiger partial charge in [-0.05, 0) is 111 Å². The number of rotatable bonds is 9. The van der Waals surface area contributed by atoms with Crippen molar-refractivity contribution in [1.29, 1.82) is 5.26 Å². The third kappa shape index (κ3) is 6.52. The third-order valence-electron chi connectivity index (χ3n) is 9.99. The highest BCUT2D eigenvalue weighted by molar-refractivity contribution is 5.96. The van der Waals surface area contributed by atoms with Crippen LogP contribution in [0.15, 0.2) is 54.9 Å². The Balaban J connectivity index is 1.19.